The van der Waals surface area contributed by atoms with Crippen LogP contribution in [0.5, 0.6) is 0 Å². The van der Waals surface area contributed by atoms with Crippen LogP contribution in [0.3, 0.4) is 0 Å². The van der Waals surface area contributed by atoms with E-state index in [1.165, 1.54) is 12.5 Å². The van der Waals surface area contributed by atoms with Crippen molar-refractivity contribution in [2.45, 2.75) is 68.7 Å². The SMILES string of the molecule is CN(C)CCCC[C@H](NC(=O)[C@H](CO)NC(=O)[C@@H](N)CS)C(=O)N[C@@H](CCC(N)=O)C(=O)N[C@@H](Cc1c[nH]cn1)C(=O)O. The average Bonchev–Trinajstić information content (AvgIpc) is 3.47. The number of unbranched alkanes of at least 4 members (excludes halogenated alkanes) is 1. The molecule has 1 aromatic heterocycles. The zero-order chi connectivity index (χ0) is 32.5. The lowest BCUT2D eigenvalue weighted by atomic mass is 10.0. The molecule has 17 nitrogen and oxygen atoms in total. The highest BCUT2D eigenvalue weighted by Crippen LogP contribution is 2.07. The van der Waals surface area contributed by atoms with Gasteiger partial charge >= 0.3 is 5.97 Å². The summed E-state index contributed by atoms with van der Waals surface area (Å²) in [7, 11) is 3.74. The highest BCUT2D eigenvalue weighted by molar-refractivity contribution is 7.80. The zero-order valence-corrected chi connectivity index (χ0v) is 25.1. The van der Waals surface area contributed by atoms with Gasteiger partial charge in [0.2, 0.25) is 29.5 Å². The van der Waals surface area contributed by atoms with E-state index in [0.717, 1.165) is 0 Å². The second-order valence-corrected chi connectivity index (χ2v) is 10.5. The Labute approximate surface area is 254 Å². The predicted molar refractivity (Wildman–Crippen MR) is 157 cm³/mol. The second kappa shape index (κ2) is 19.4. The van der Waals surface area contributed by atoms with Gasteiger partial charge in [-0.15, -0.1) is 0 Å². The van der Waals surface area contributed by atoms with Crippen LogP contribution in [0.1, 0.15) is 37.8 Å². The van der Waals surface area contributed by atoms with Gasteiger partial charge in [-0.3, -0.25) is 24.0 Å². The minimum atomic E-state index is -1.43. The number of primary amides is 1. The molecule has 0 spiro atoms. The summed E-state index contributed by atoms with van der Waals surface area (Å²) in [6.45, 7) is -0.0997. The second-order valence-electron chi connectivity index (χ2n) is 10.1. The number of carbonyl (C=O) groups is 6. The normalized spacial score (nSPS) is 14.6. The summed E-state index contributed by atoms with van der Waals surface area (Å²) in [5.74, 6) is -5.43. The first-order valence-corrected chi connectivity index (χ1v) is 14.2. The van der Waals surface area contributed by atoms with E-state index in [-0.39, 0.29) is 31.4 Å². The van der Waals surface area contributed by atoms with E-state index in [2.05, 4.69) is 43.9 Å². The Balaban J connectivity index is 3.11. The molecule has 0 saturated heterocycles. The first kappa shape index (κ1) is 37.3. The number of aliphatic carboxylic acids is 1. The number of nitrogens with zero attached hydrogens (tertiary/aromatic N) is 2. The minimum absolute atomic E-state index is 0.0122. The maximum absolute atomic E-state index is 13.4. The standard InChI is InChI=1S/C25H43N9O8S/c1-34(2)8-4-3-5-16(30-24(40)19(11-35)33-21(37)15(26)12-43)22(38)31-17(6-7-20(27)36)23(39)32-18(25(41)42)9-14-10-28-13-29-14/h10,13,15-19,35,43H,3-9,11-12,26H2,1-2H3,(H2,27,36)(H,28,29)(H,30,40)(H,31,38)(H,32,39)(H,33,37)(H,41,42)/t15-,16-,17-,18-,19-/m0/s1. The summed E-state index contributed by atoms with van der Waals surface area (Å²) in [6.07, 6.45) is 3.35. The monoisotopic (exact) mass is 629 g/mol. The summed E-state index contributed by atoms with van der Waals surface area (Å²) in [5.41, 5.74) is 11.2. The van der Waals surface area contributed by atoms with Crippen LogP contribution in [0.15, 0.2) is 12.5 Å². The number of thiol groups is 1. The quantitative estimate of drug-likeness (QED) is 0.0465. The number of nitrogens with two attached hydrogens (primary N) is 2. The van der Waals surface area contributed by atoms with E-state index in [0.29, 0.717) is 25.1 Å². The Hall–Kier alpha value is -3.74. The molecule has 1 rings (SSSR count). The third-order valence-electron chi connectivity index (χ3n) is 6.23. The molecule has 0 radical (unpaired) electrons. The first-order valence-electron chi connectivity index (χ1n) is 13.6. The molecular formula is C25H43N9O8S. The third kappa shape index (κ3) is 14.3. The summed E-state index contributed by atoms with van der Waals surface area (Å²) in [4.78, 5) is 83.4. The minimum Gasteiger partial charge on any atom is -0.480 e. The molecule has 11 N–H and O–H groups in total. The van der Waals surface area contributed by atoms with Crippen molar-refractivity contribution >= 4 is 48.1 Å². The molecule has 0 bridgehead atoms. The lowest BCUT2D eigenvalue weighted by Gasteiger charge is -2.26. The van der Waals surface area contributed by atoms with E-state index in [4.69, 9.17) is 11.5 Å². The Morgan fingerprint density at radius 2 is 1.49 bits per heavy atom. The highest BCUT2D eigenvalue weighted by Gasteiger charge is 2.32. The third-order valence-corrected chi connectivity index (χ3v) is 6.62. The van der Waals surface area contributed by atoms with Crippen LogP contribution in [0.25, 0.3) is 0 Å². The molecule has 0 saturated carbocycles. The molecule has 0 unspecified atom stereocenters. The molecular weight excluding hydrogens is 586 g/mol. The summed E-state index contributed by atoms with van der Waals surface area (Å²) < 4.78 is 0. The molecule has 0 fully saturated rings. The number of amides is 5. The van der Waals surface area contributed by atoms with Crippen molar-refractivity contribution in [2.75, 3.05) is 33.0 Å². The van der Waals surface area contributed by atoms with Crippen molar-refractivity contribution < 1.29 is 39.0 Å². The molecule has 1 aromatic rings. The van der Waals surface area contributed by atoms with E-state index in [9.17, 15) is 39.0 Å². The number of carbonyl (C=O) groups excluding carboxylic acids is 5. The largest absolute Gasteiger partial charge is 0.480 e. The number of aliphatic hydroxyl groups is 1. The van der Waals surface area contributed by atoms with Crippen molar-refractivity contribution in [1.82, 2.24) is 36.1 Å². The lowest BCUT2D eigenvalue weighted by Crippen LogP contribution is -2.59. The molecule has 0 aromatic carbocycles. The fourth-order valence-corrected chi connectivity index (χ4v) is 3.95. The van der Waals surface area contributed by atoms with Gasteiger partial charge in [-0.05, 0) is 46.3 Å². The van der Waals surface area contributed by atoms with Crippen LogP contribution in [-0.4, -0.2) is 124 Å². The number of aromatic nitrogens is 2. The van der Waals surface area contributed by atoms with E-state index < -0.39 is 72.3 Å². The van der Waals surface area contributed by atoms with Gasteiger partial charge in [0.1, 0.15) is 24.2 Å². The van der Waals surface area contributed by atoms with E-state index >= 15 is 0 Å². The zero-order valence-electron chi connectivity index (χ0n) is 24.2. The van der Waals surface area contributed by atoms with Crippen LogP contribution in [0.2, 0.25) is 0 Å². The molecule has 0 aliphatic carbocycles. The average molecular weight is 630 g/mol. The molecule has 18 heteroatoms. The summed E-state index contributed by atoms with van der Waals surface area (Å²) in [6, 6.07) is -6.47. The van der Waals surface area contributed by atoms with Crippen LogP contribution in [0.4, 0.5) is 0 Å². The number of aromatic amines is 1. The van der Waals surface area contributed by atoms with Gasteiger partial charge in [0.15, 0.2) is 0 Å². The van der Waals surface area contributed by atoms with Crippen LogP contribution < -0.4 is 32.7 Å². The van der Waals surface area contributed by atoms with E-state index in [1.54, 1.807) is 0 Å². The maximum atomic E-state index is 13.4. The predicted octanol–water partition coefficient (Wildman–Crippen LogP) is -3.78. The van der Waals surface area contributed by atoms with Crippen LogP contribution in [-0.2, 0) is 35.2 Å². The van der Waals surface area contributed by atoms with Crippen LogP contribution in [0, 0.1) is 0 Å². The van der Waals surface area contributed by atoms with Crippen LogP contribution >= 0.6 is 12.6 Å². The van der Waals surface area contributed by atoms with E-state index in [1.807, 2.05) is 19.0 Å². The molecule has 242 valence electrons. The van der Waals surface area contributed by atoms with Gasteiger partial charge in [-0.1, -0.05) is 0 Å². The van der Waals surface area contributed by atoms with Gasteiger partial charge in [0.05, 0.1) is 24.7 Å². The van der Waals surface area contributed by atoms with Crippen molar-refractivity contribution in [3.63, 3.8) is 0 Å². The molecule has 0 aliphatic heterocycles. The molecule has 5 amide bonds. The topological polar surface area (TPSA) is 275 Å². The van der Waals surface area contributed by atoms with Gasteiger partial charge in [-0.25, -0.2) is 9.78 Å². The van der Waals surface area contributed by atoms with Gasteiger partial charge in [0, 0.05) is 24.8 Å². The molecule has 0 aliphatic rings. The lowest BCUT2D eigenvalue weighted by molar-refractivity contribution is -0.142. The van der Waals surface area contributed by atoms with Gasteiger partial charge in [0.25, 0.3) is 0 Å². The number of hydrogen-bond donors (Lipinski definition) is 10. The molecule has 1 heterocycles. The number of carboxylic acid groups (broad SMARTS) is 1. The van der Waals surface area contributed by atoms with Crippen molar-refractivity contribution in [2.24, 2.45) is 11.5 Å². The number of rotatable bonds is 21. The summed E-state index contributed by atoms with van der Waals surface area (Å²) >= 11 is 3.93. The van der Waals surface area contributed by atoms with Crippen molar-refractivity contribution in [3.05, 3.63) is 18.2 Å². The number of imidazole rings is 1. The molecule has 43 heavy (non-hydrogen) atoms. The smallest absolute Gasteiger partial charge is 0.326 e. The Kier molecular flexibility index (Phi) is 16.9. The molecule has 5 atom stereocenters. The first-order chi connectivity index (χ1) is 20.3. The van der Waals surface area contributed by atoms with Gasteiger partial charge < -0.3 is 52.8 Å². The van der Waals surface area contributed by atoms with Crippen molar-refractivity contribution in [1.29, 1.82) is 0 Å². The number of hydrogen-bond acceptors (Lipinski definition) is 11. The number of aliphatic hydroxyl groups excluding tert-OH is 1. The number of carboxylic acids is 1. The number of H-pyrrole nitrogens is 1. The number of nitrogens with one attached hydrogen (secondary N) is 5. The maximum Gasteiger partial charge on any atom is 0.326 e. The fraction of sp³-hybridized carbons (Fsp3) is 0.640. The van der Waals surface area contributed by atoms with Crippen molar-refractivity contribution in [3.8, 4) is 0 Å². The fourth-order valence-electron chi connectivity index (χ4n) is 3.79. The van der Waals surface area contributed by atoms with Gasteiger partial charge in [-0.2, -0.15) is 12.6 Å². The Morgan fingerprint density at radius 3 is 1.98 bits per heavy atom. The Morgan fingerprint density at radius 1 is 0.930 bits per heavy atom. The Bertz CT molecular complexity index is 1070. The summed E-state index contributed by atoms with van der Waals surface area (Å²) in [5, 5.41) is 28.9. The highest BCUT2D eigenvalue weighted by atomic mass is 32.1.